The van der Waals surface area contributed by atoms with E-state index in [1.165, 1.54) is 0 Å². The van der Waals surface area contributed by atoms with Crippen LogP contribution in [0, 0.1) is 5.41 Å². The predicted octanol–water partition coefficient (Wildman–Crippen LogP) is 2.72. The zero-order chi connectivity index (χ0) is 18.0. The maximum Gasteiger partial charge on any atom is 0.228 e. The Hall–Kier alpha value is -0.900. The second-order valence-electron chi connectivity index (χ2n) is 7.51. The summed E-state index contributed by atoms with van der Waals surface area (Å²) >= 11 is 0. The van der Waals surface area contributed by atoms with Crippen LogP contribution in [0.25, 0.3) is 0 Å². The maximum atomic E-state index is 5.67. The number of hydrogen-bond acceptors (Lipinski definition) is 5. The van der Waals surface area contributed by atoms with Crippen molar-refractivity contribution in [2.45, 2.75) is 65.0 Å². The summed E-state index contributed by atoms with van der Waals surface area (Å²) in [5, 5.41) is 10.8. The number of guanidine groups is 1. The van der Waals surface area contributed by atoms with E-state index in [2.05, 4.69) is 46.5 Å². The van der Waals surface area contributed by atoms with Crippen molar-refractivity contribution in [3.8, 4) is 0 Å². The lowest BCUT2D eigenvalue weighted by Crippen LogP contribution is -2.69. The van der Waals surface area contributed by atoms with Crippen molar-refractivity contribution in [3.05, 3.63) is 11.7 Å². The number of rotatable bonds is 6. The molecule has 1 aromatic heterocycles. The summed E-state index contributed by atoms with van der Waals surface area (Å²) in [6.45, 7) is 11.4. The number of aliphatic imine (C=N–C) groups is 1. The van der Waals surface area contributed by atoms with E-state index in [0.717, 1.165) is 18.2 Å². The summed E-state index contributed by atoms with van der Waals surface area (Å²) in [6.07, 6.45) is 1.63. The van der Waals surface area contributed by atoms with Gasteiger partial charge in [-0.2, -0.15) is 4.98 Å². The summed E-state index contributed by atoms with van der Waals surface area (Å²) in [6, 6.07) is 0.324. The lowest BCUT2D eigenvalue weighted by Gasteiger charge is -2.59. The van der Waals surface area contributed by atoms with Crippen LogP contribution in [0.3, 0.4) is 0 Å². The van der Waals surface area contributed by atoms with E-state index in [-0.39, 0.29) is 40.9 Å². The number of halogens is 1. The molecule has 1 aliphatic rings. The Morgan fingerprint density at radius 1 is 1.40 bits per heavy atom. The highest BCUT2D eigenvalue weighted by Gasteiger charge is 2.58. The van der Waals surface area contributed by atoms with Crippen LogP contribution in [-0.4, -0.2) is 48.4 Å². The molecule has 8 heteroatoms. The SMILES string of the molecule is CN=C(NCCc1nc(C(C)C)no1)NC1CC(C)(OC)C1(C)C.I. The van der Waals surface area contributed by atoms with Crippen LogP contribution in [0.5, 0.6) is 0 Å². The quantitative estimate of drug-likeness (QED) is 0.382. The van der Waals surface area contributed by atoms with Gasteiger partial charge in [0.25, 0.3) is 0 Å². The molecule has 1 heterocycles. The van der Waals surface area contributed by atoms with Gasteiger partial charge in [0.2, 0.25) is 5.89 Å². The number of methoxy groups -OCH3 is 1. The lowest BCUT2D eigenvalue weighted by atomic mass is 9.56. The topological polar surface area (TPSA) is 84.6 Å². The molecule has 0 spiro atoms. The molecule has 144 valence electrons. The first kappa shape index (κ1) is 22.1. The molecule has 2 unspecified atom stereocenters. The van der Waals surface area contributed by atoms with Crippen LogP contribution < -0.4 is 10.6 Å². The molecule has 0 aromatic carbocycles. The molecule has 1 saturated carbocycles. The fourth-order valence-corrected chi connectivity index (χ4v) is 2.97. The summed E-state index contributed by atoms with van der Waals surface area (Å²) in [7, 11) is 3.56. The fourth-order valence-electron chi connectivity index (χ4n) is 2.97. The first-order valence-electron chi connectivity index (χ1n) is 8.58. The van der Waals surface area contributed by atoms with E-state index in [0.29, 0.717) is 24.9 Å². The van der Waals surface area contributed by atoms with Crippen LogP contribution in [0.4, 0.5) is 0 Å². The van der Waals surface area contributed by atoms with Gasteiger partial charge in [-0.05, 0) is 13.3 Å². The van der Waals surface area contributed by atoms with E-state index in [1.807, 2.05) is 13.8 Å². The second-order valence-corrected chi connectivity index (χ2v) is 7.51. The average Bonchev–Trinajstić information content (AvgIpc) is 3.01. The Bertz CT molecular complexity index is 587. The van der Waals surface area contributed by atoms with E-state index >= 15 is 0 Å². The minimum absolute atomic E-state index is 0. The molecule has 0 amide bonds. The Labute approximate surface area is 167 Å². The summed E-state index contributed by atoms with van der Waals surface area (Å²) in [4.78, 5) is 8.68. The van der Waals surface area contributed by atoms with Gasteiger partial charge in [0, 0.05) is 44.5 Å². The molecule has 1 aliphatic carbocycles. The van der Waals surface area contributed by atoms with Crippen molar-refractivity contribution in [3.63, 3.8) is 0 Å². The standard InChI is InChI=1S/C17H31N5O2.HI/c1-11(2)14-21-13(24-22-14)8-9-19-15(18-6)20-12-10-17(5,23-7)16(12,3)4;/h11-12H,8-10H2,1-7H3,(H2,18,19,20);1H. The van der Waals surface area contributed by atoms with Gasteiger partial charge in [0.05, 0.1) is 5.60 Å². The lowest BCUT2D eigenvalue weighted by molar-refractivity contribution is -0.176. The molecule has 2 N–H and O–H groups in total. The summed E-state index contributed by atoms with van der Waals surface area (Å²) in [5.74, 6) is 2.47. The van der Waals surface area contributed by atoms with E-state index in [4.69, 9.17) is 9.26 Å². The Morgan fingerprint density at radius 2 is 2.08 bits per heavy atom. The number of nitrogens with zero attached hydrogens (tertiary/aromatic N) is 3. The number of nitrogens with one attached hydrogen (secondary N) is 2. The average molecular weight is 465 g/mol. The van der Waals surface area contributed by atoms with Gasteiger partial charge < -0.3 is 19.9 Å². The minimum Gasteiger partial charge on any atom is -0.378 e. The largest absolute Gasteiger partial charge is 0.378 e. The monoisotopic (exact) mass is 465 g/mol. The number of hydrogen-bond donors (Lipinski definition) is 2. The van der Waals surface area contributed by atoms with E-state index < -0.39 is 0 Å². The fraction of sp³-hybridized carbons (Fsp3) is 0.824. The van der Waals surface area contributed by atoms with Crippen molar-refractivity contribution in [2.24, 2.45) is 10.4 Å². The highest BCUT2D eigenvalue weighted by Crippen LogP contribution is 2.51. The number of aromatic nitrogens is 2. The molecule has 7 nitrogen and oxygen atoms in total. The molecule has 0 radical (unpaired) electrons. The Kier molecular flexibility index (Phi) is 7.67. The second kappa shape index (κ2) is 8.66. The first-order chi connectivity index (χ1) is 11.2. The maximum absolute atomic E-state index is 5.67. The van der Waals surface area contributed by atoms with Crippen molar-refractivity contribution >= 4 is 29.9 Å². The minimum atomic E-state index is -0.0967. The van der Waals surface area contributed by atoms with Gasteiger partial charge in [-0.15, -0.1) is 24.0 Å². The Balaban J connectivity index is 0.00000312. The highest BCUT2D eigenvalue weighted by atomic mass is 127. The highest BCUT2D eigenvalue weighted by molar-refractivity contribution is 14.0. The van der Waals surface area contributed by atoms with E-state index in [1.54, 1.807) is 14.2 Å². The Morgan fingerprint density at radius 3 is 2.56 bits per heavy atom. The van der Waals surface area contributed by atoms with Gasteiger partial charge >= 0.3 is 0 Å². The van der Waals surface area contributed by atoms with Crippen molar-refractivity contribution < 1.29 is 9.26 Å². The molecular weight excluding hydrogens is 433 g/mol. The van der Waals surface area contributed by atoms with Crippen molar-refractivity contribution in [2.75, 3.05) is 20.7 Å². The molecule has 0 bridgehead atoms. The normalized spacial score (nSPS) is 25.3. The summed E-state index contributed by atoms with van der Waals surface area (Å²) < 4.78 is 10.9. The van der Waals surface area contributed by atoms with Crippen LogP contribution in [0.2, 0.25) is 0 Å². The first-order valence-corrected chi connectivity index (χ1v) is 8.58. The zero-order valence-corrected chi connectivity index (χ0v) is 18.7. The third-order valence-corrected chi connectivity index (χ3v) is 5.44. The van der Waals surface area contributed by atoms with Crippen molar-refractivity contribution in [1.29, 1.82) is 0 Å². The third kappa shape index (κ3) is 4.64. The molecule has 25 heavy (non-hydrogen) atoms. The van der Waals surface area contributed by atoms with Crippen LogP contribution in [0.1, 0.15) is 58.7 Å². The molecule has 1 fully saturated rings. The zero-order valence-electron chi connectivity index (χ0n) is 16.3. The predicted molar refractivity (Wildman–Crippen MR) is 110 cm³/mol. The van der Waals surface area contributed by atoms with E-state index in [9.17, 15) is 0 Å². The van der Waals surface area contributed by atoms with Gasteiger partial charge in [-0.3, -0.25) is 4.99 Å². The van der Waals surface area contributed by atoms with Crippen LogP contribution >= 0.6 is 24.0 Å². The third-order valence-electron chi connectivity index (χ3n) is 5.44. The summed E-state index contributed by atoms with van der Waals surface area (Å²) in [5.41, 5.74) is -0.0570. The van der Waals surface area contributed by atoms with Crippen LogP contribution in [0.15, 0.2) is 9.52 Å². The molecule has 1 aromatic rings. The van der Waals surface area contributed by atoms with Gasteiger partial charge in [-0.25, -0.2) is 0 Å². The number of ether oxygens (including phenoxy) is 1. The molecular formula is C17H32IN5O2. The van der Waals surface area contributed by atoms with Gasteiger partial charge in [0.1, 0.15) is 0 Å². The smallest absolute Gasteiger partial charge is 0.228 e. The molecule has 0 saturated heterocycles. The molecule has 2 atom stereocenters. The van der Waals surface area contributed by atoms with Gasteiger partial charge in [-0.1, -0.05) is 32.9 Å². The molecule has 0 aliphatic heterocycles. The van der Waals surface area contributed by atoms with Crippen LogP contribution in [-0.2, 0) is 11.2 Å². The van der Waals surface area contributed by atoms with Gasteiger partial charge in [0.15, 0.2) is 11.8 Å². The molecule has 2 rings (SSSR count). The van der Waals surface area contributed by atoms with Crippen molar-refractivity contribution in [1.82, 2.24) is 20.8 Å².